The van der Waals surface area contributed by atoms with E-state index in [0.717, 1.165) is 25.8 Å². The average molecular weight is 489 g/mol. The number of piperidine rings is 1. The Hall–Kier alpha value is -2.82. The van der Waals surface area contributed by atoms with Crippen LogP contribution >= 0.6 is 11.6 Å². The van der Waals surface area contributed by atoms with Gasteiger partial charge in [-0.1, -0.05) is 42.3 Å². The van der Waals surface area contributed by atoms with Gasteiger partial charge in [-0.25, -0.2) is 4.79 Å². The first kappa shape index (κ1) is 26.4. The van der Waals surface area contributed by atoms with E-state index in [9.17, 15) is 22.8 Å². The van der Waals surface area contributed by atoms with Gasteiger partial charge in [0.05, 0.1) is 11.1 Å². The number of hydrogen-bond acceptors (Lipinski definition) is 5. The second-order valence-corrected chi connectivity index (χ2v) is 7.46. The predicted molar refractivity (Wildman–Crippen MR) is 117 cm³/mol. The quantitative estimate of drug-likeness (QED) is 0.545. The summed E-state index contributed by atoms with van der Waals surface area (Å²) >= 11 is 6.27. The average Bonchev–Trinajstić information content (AvgIpc) is 2.74. The third kappa shape index (κ3) is 8.91. The Bertz CT molecular complexity index is 950. The number of rotatable bonds is 6. The molecule has 1 atom stereocenters. The molecule has 3 rings (SSSR count). The molecule has 0 aromatic heterocycles. The molecule has 1 aliphatic rings. The van der Waals surface area contributed by atoms with Gasteiger partial charge in [0.1, 0.15) is 12.4 Å². The summed E-state index contributed by atoms with van der Waals surface area (Å²) in [6.07, 6.45) is -2.01. The normalized spacial score (nSPS) is 15.7. The van der Waals surface area contributed by atoms with Gasteiger partial charge in [0.25, 0.3) is 0 Å². The maximum Gasteiger partial charge on any atom is 0.573 e. The van der Waals surface area contributed by atoms with Gasteiger partial charge in [0, 0.05) is 23.9 Å². The van der Waals surface area contributed by atoms with Crippen LogP contribution in [0.2, 0.25) is 5.02 Å². The van der Waals surface area contributed by atoms with Gasteiger partial charge >= 0.3 is 12.3 Å². The number of carbonyl (C=O) groups is 2. The number of hydrogen-bond donors (Lipinski definition) is 3. The van der Waals surface area contributed by atoms with Gasteiger partial charge < -0.3 is 25.2 Å². The third-order valence-corrected chi connectivity index (χ3v) is 4.85. The Morgan fingerprint density at radius 2 is 1.91 bits per heavy atom. The lowest BCUT2D eigenvalue weighted by Gasteiger charge is -2.22. The fourth-order valence-corrected chi connectivity index (χ4v) is 3.42. The van der Waals surface area contributed by atoms with Gasteiger partial charge in [0.2, 0.25) is 5.91 Å². The number of para-hydroxylation sites is 1. The molecule has 1 saturated heterocycles. The van der Waals surface area contributed by atoms with Crippen molar-refractivity contribution in [2.24, 2.45) is 0 Å². The fraction of sp³-hybridized carbons (Fsp3) is 0.364. The molecule has 1 fully saturated rings. The van der Waals surface area contributed by atoms with Crippen molar-refractivity contribution in [3.8, 4) is 16.9 Å². The van der Waals surface area contributed by atoms with Crippen molar-refractivity contribution in [2.75, 3.05) is 25.6 Å². The van der Waals surface area contributed by atoms with Crippen LogP contribution in [0, 0.1) is 0 Å². The molecular weight excluding hydrogens is 465 g/mol. The summed E-state index contributed by atoms with van der Waals surface area (Å²) in [5.74, 6) is -1.42. The van der Waals surface area contributed by atoms with Crippen LogP contribution in [0.25, 0.3) is 11.1 Å². The summed E-state index contributed by atoms with van der Waals surface area (Å²) in [7, 11) is 1.34. The zero-order chi connectivity index (χ0) is 24.4. The van der Waals surface area contributed by atoms with E-state index in [-0.39, 0.29) is 34.9 Å². The zero-order valence-corrected chi connectivity index (χ0v) is 18.5. The summed E-state index contributed by atoms with van der Waals surface area (Å²) < 4.78 is 46.1. The lowest BCUT2D eigenvalue weighted by molar-refractivity contribution is -0.274. The highest BCUT2D eigenvalue weighted by atomic mass is 35.5. The fourth-order valence-electron chi connectivity index (χ4n) is 3.14. The van der Waals surface area contributed by atoms with Crippen molar-refractivity contribution in [3.05, 3.63) is 47.5 Å². The van der Waals surface area contributed by atoms with Gasteiger partial charge in [0.15, 0.2) is 0 Å². The van der Waals surface area contributed by atoms with E-state index in [4.69, 9.17) is 16.7 Å². The van der Waals surface area contributed by atoms with Crippen molar-refractivity contribution in [1.82, 2.24) is 5.32 Å². The van der Waals surface area contributed by atoms with Crippen LogP contribution in [0.3, 0.4) is 0 Å². The predicted octanol–water partition coefficient (Wildman–Crippen LogP) is 4.70. The molecule has 0 aliphatic carbocycles. The van der Waals surface area contributed by atoms with Crippen LogP contribution in [-0.4, -0.2) is 49.6 Å². The summed E-state index contributed by atoms with van der Waals surface area (Å²) in [6, 6.07) is 10.2. The van der Waals surface area contributed by atoms with Gasteiger partial charge in [-0.05, 0) is 37.6 Å². The van der Waals surface area contributed by atoms with E-state index in [2.05, 4.69) is 20.1 Å². The van der Waals surface area contributed by atoms with Crippen LogP contribution in [0.4, 0.5) is 18.9 Å². The van der Waals surface area contributed by atoms with E-state index >= 15 is 0 Å². The third-order valence-electron chi connectivity index (χ3n) is 4.53. The number of carboxylic acid groups (broad SMARTS) is 1. The van der Waals surface area contributed by atoms with Crippen molar-refractivity contribution in [1.29, 1.82) is 0 Å². The molecule has 1 amide bonds. The highest BCUT2D eigenvalue weighted by Gasteiger charge is 2.32. The monoisotopic (exact) mass is 488 g/mol. The van der Waals surface area contributed by atoms with Gasteiger partial charge in [-0.15, -0.1) is 13.2 Å². The number of methoxy groups -OCH3 is 1. The topological polar surface area (TPSA) is 96.9 Å². The number of alkyl halides is 3. The lowest BCUT2D eigenvalue weighted by atomic mass is 10.0. The summed E-state index contributed by atoms with van der Waals surface area (Å²) in [4.78, 5) is 21.8. The van der Waals surface area contributed by atoms with Crippen LogP contribution < -0.4 is 15.4 Å². The van der Waals surface area contributed by atoms with Crippen LogP contribution in [0.5, 0.6) is 5.75 Å². The van der Waals surface area contributed by atoms with Crippen molar-refractivity contribution in [3.63, 3.8) is 0 Å². The van der Waals surface area contributed by atoms with Crippen molar-refractivity contribution < 1.29 is 37.3 Å². The summed E-state index contributed by atoms with van der Waals surface area (Å²) in [5, 5.41) is 13.9. The first-order chi connectivity index (χ1) is 15.6. The Morgan fingerprint density at radius 1 is 1.18 bits per heavy atom. The van der Waals surface area contributed by atoms with E-state index in [1.807, 2.05) is 0 Å². The molecule has 2 aromatic rings. The summed E-state index contributed by atoms with van der Waals surface area (Å²) in [5.41, 5.74) is 1.08. The second-order valence-electron chi connectivity index (χ2n) is 7.06. The number of nitrogens with one attached hydrogen (secondary N) is 2. The highest BCUT2D eigenvalue weighted by molar-refractivity contribution is 6.33. The number of halogens is 4. The number of benzene rings is 2. The molecule has 7 nitrogen and oxygen atoms in total. The molecule has 1 aliphatic heterocycles. The van der Waals surface area contributed by atoms with E-state index in [1.54, 1.807) is 18.2 Å². The Kier molecular flexibility index (Phi) is 9.95. The minimum atomic E-state index is -4.80. The molecule has 0 saturated carbocycles. The SMILES string of the molecule is COCC(=O)O.O=C(Nc1ccc(-c2ccccc2OC(F)(F)F)c(Cl)c1)C1CCCCN1. The minimum Gasteiger partial charge on any atom is -0.480 e. The number of carbonyl (C=O) groups excluding carboxylic acids is 1. The molecule has 1 heterocycles. The largest absolute Gasteiger partial charge is 0.573 e. The van der Waals surface area contributed by atoms with Crippen LogP contribution in [0.1, 0.15) is 19.3 Å². The number of carboxylic acids is 1. The molecule has 180 valence electrons. The first-order valence-corrected chi connectivity index (χ1v) is 10.4. The van der Waals surface area contributed by atoms with Crippen molar-refractivity contribution in [2.45, 2.75) is 31.7 Å². The summed E-state index contributed by atoms with van der Waals surface area (Å²) in [6.45, 7) is 0.591. The van der Waals surface area contributed by atoms with Gasteiger partial charge in [-0.3, -0.25) is 4.79 Å². The second kappa shape index (κ2) is 12.4. The Labute approximate surface area is 193 Å². The van der Waals surface area contributed by atoms with Gasteiger partial charge in [-0.2, -0.15) is 0 Å². The van der Waals surface area contributed by atoms with E-state index in [0.29, 0.717) is 11.3 Å². The number of amides is 1. The standard InChI is InChI=1S/C19H18ClF3N2O2.C3H6O3/c20-15-11-12(25-18(26)16-6-3-4-10-24-16)8-9-13(15)14-5-1-2-7-17(14)27-19(21,22)23;1-6-2-3(4)5/h1-2,5,7-9,11,16,24H,3-4,6,10H2,(H,25,26);2H2,1H3,(H,4,5). The molecule has 1 unspecified atom stereocenters. The Morgan fingerprint density at radius 3 is 2.45 bits per heavy atom. The van der Waals surface area contributed by atoms with Crippen LogP contribution in [0.15, 0.2) is 42.5 Å². The molecule has 3 N–H and O–H groups in total. The Balaban J connectivity index is 0.000000569. The molecule has 0 spiro atoms. The van der Waals surface area contributed by atoms with Crippen molar-refractivity contribution >= 4 is 29.2 Å². The smallest absolute Gasteiger partial charge is 0.480 e. The molecule has 0 radical (unpaired) electrons. The highest BCUT2D eigenvalue weighted by Crippen LogP contribution is 2.38. The lowest BCUT2D eigenvalue weighted by Crippen LogP contribution is -2.43. The molecule has 11 heteroatoms. The maximum atomic E-state index is 12.6. The molecule has 2 aromatic carbocycles. The molecule has 33 heavy (non-hydrogen) atoms. The number of aliphatic carboxylic acids is 1. The number of ether oxygens (including phenoxy) is 2. The number of anilines is 1. The maximum absolute atomic E-state index is 12.6. The molecular formula is C22H24ClF3N2O5. The van der Waals surface area contributed by atoms with E-state index in [1.165, 1.54) is 31.4 Å². The van der Waals surface area contributed by atoms with Crippen LogP contribution in [-0.2, 0) is 14.3 Å². The molecule has 0 bridgehead atoms. The first-order valence-electron chi connectivity index (χ1n) is 10.0. The van der Waals surface area contributed by atoms with E-state index < -0.39 is 12.3 Å². The minimum absolute atomic E-state index is 0.153. The zero-order valence-electron chi connectivity index (χ0n) is 17.7.